The Bertz CT molecular complexity index is 881. The number of allylic oxidation sites excluding steroid dienone is 1. The molecule has 0 aliphatic carbocycles. The van der Waals surface area contributed by atoms with Gasteiger partial charge >= 0.3 is 5.97 Å². The van der Waals surface area contributed by atoms with Gasteiger partial charge in [0, 0.05) is 12.6 Å². The fraction of sp³-hybridized carbons (Fsp3) is 0.0556. The molecule has 0 unspecified atom stereocenters. The first kappa shape index (κ1) is 15.5. The highest BCUT2D eigenvalue weighted by Gasteiger charge is 2.27. The van der Waals surface area contributed by atoms with Gasteiger partial charge in [-0.25, -0.2) is 4.79 Å². The molecule has 6 heteroatoms. The van der Waals surface area contributed by atoms with E-state index in [2.05, 4.69) is 5.32 Å². The minimum absolute atomic E-state index is 0.146. The average molecular weight is 323 g/mol. The largest absolute Gasteiger partial charge is 0.478 e. The molecule has 6 nitrogen and oxygen atoms in total. The topological polar surface area (TPSA) is 92.7 Å². The van der Waals surface area contributed by atoms with Crippen LogP contribution in [0.4, 0.5) is 5.69 Å². The lowest BCUT2D eigenvalue weighted by atomic mass is 10.1. The molecule has 1 amide bonds. The number of hydrogen-bond donors (Lipinski definition) is 2. The summed E-state index contributed by atoms with van der Waals surface area (Å²) in [5.74, 6) is -0.967. The summed E-state index contributed by atoms with van der Waals surface area (Å²) in [5, 5.41) is 11.5. The van der Waals surface area contributed by atoms with Gasteiger partial charge in [-0.15, -0.1) is 0 Å². The molecule has 0 spiro atoms. The van der Waals surface area contributed by atoms with Crippen LogP contribution in [0.2, 0.25) is 0 Å². The van der Waals surface area contributed by atoms with Crippen LogP contribution in [-0.2, 0) is 4.79 Å². The second-order valence-corrected chi connectivity index (χ2v) is 5.26. The van der Waals surface area contributed by atoms with Gasteiger partial charge in [0.1, 0.15) is 5.75 Å². The summed E-state index contributed by atoms with van der Waals surface area (Å²) in [6.45, 7) is 1.39. The van der Waals surface area contributed by atoms with E-state index >= 15 is 0 Å². The molecule has 2 N–H and O–H groups in total. The van der Waals surface area contributed by atoms with E-state index in [4.69, 9.17) is 9.84 Å². The highest BCUT2D eigenvalue weighted by atomic mass is 16.5. The first-order valence-corrected chi connectivity index (χ1v) is 7.13. The first-order valence-electron chi connectivity index (χ1n) is 7.13. The van der Waals surface area contributed by atoms with Gasteiger partial charge in [0.05, 0.1) is 11.1 Å². The van der Waals surface area contributed by atoms with Crippen molar-refractivity contribution < 1.29 is 24.2 Å². The molecule has 2 aromatic rings. The molecular weight excluding hydrogens is 310 g/mol. The van der Waals surface area contributed by atoms with Gasteiger partial charge in [-0.05, 0) is 42.0 Å². The van der Waals surface area contributed by atoms with Crippen molar-refractivity contribution in [1.29, 1.82) is 0 Å². The quantitative estimate of drug-likeness (QED) is 0.847. The van der Waals surface area contributed by atoms with E-state index < -0.39 is 5.97 Å². The Hall–Kier alpha value is -3.41. The second kappa shape index (κ2) is 6.00. The number of ether oxygens (including phenoxy) is 1. The highest BCUT2D eigenvalue weighted by molar-refractivity contribution is 6.15. The van der Waals surface area contributed by atoms with Crippen molar-refractivity contribution in [2.45, 2.75) is 6.92 Å². The Morgan fingerprint density at radius 3 is 2.46 bits per heavy atom. The van der Waals surface area contributed by atoms with Crippen molar-refractivity contribution in [3.8, 4) is 5.75 Å². The molecule has 0 fully saturated rings. The zero-order valence-corrected chi connectivity index (χ0v) is 12.7. The standard InChI is InChI=1S/C18H13NO5/c1-10(20)19-13-6-7-15-14(9-13)17(21)16(24-15)8-11-2-4-12(5-3-11)18(22)23/h2-9H,1H3,(H,19,20)(H,22,23)/b16-8-. The number of ketones is 1. The van der Waals surface area contributed by atoms with Gasteiger partial charge in [-0.2, -0.15) is 0 Å². The lowest BCUT2D eigenvalue weighted by molar-refractivity contribution is -0.114. The Morgan fingerprint density at radius 1 is 1.12 bits per heavy atom. The van der Waals surface area contributed by atoms with Crippen LogP contribution in [0.3, 0.4) is 0 Å². The van der Waals surface area contributed by atoms with Gasteiger partial charge in [0.2, 0.25) is 11.7 Å². The molecule has 2 aromatic carbocycles. The summed E-state index contributed by atoms with van der Waals surface area (Å²) in [6.07, 6.45) is 1.55. The van der Waals surface area contributed by atoms with Crippen LogP contribution in [0.25, 0.3) is 6.08 Å². The fourth-order valence-corrected chi connectivity index (χ4v) is 2.34. The Labute approximate surface area is 137 Å². The van der Waals surface area contributed by atoms with Crippen LogP contribution in [0, 0.1) is 0 Å². The SMILES string of the molecule is CC(=O)Nc1ccc2c(c1)C(=O)/C(=C/c1ccc(C(=O)O)cc1)O2. The summed E-state index contributed by atoms with van der Waals surface area (Å²) in [7, 11) is 0. The number of benzene rings is 2. The van der Waals surface area contributed by atoms with E-state index in [-0.39, 0.29) is 23.0 Å². The van der Waals surface area contributed by atoms with Crippen LogP contribution < -0.4 is 10.1 Å². The summed E-state index contributed by atoms with van der Waals surface area (Å²) in [4.78, 5) is 34.4. The van der Waals surface area contributed by atoms with Crippen LogP contribution in [-0.4, -0.2) is 22.8 Å². The number of anilines is 1. The lowest BCUT2D eigenvalue weighted by Gasteiger charge is -2.02. The fourth-order valence-electron chi connectivity index (χ4n) is 2.34. The molecule has 1 aliphatic heterocycles. The Kier molecular flexibility index (Phi) is 3.87. The van der Waals surface area contributed by atoms with E-state index in [0.29, 0.717) is 22.6 Å². The van der Waals surface area contributed by atoms with Crippen LogP contribution in [0.15, 0.2) is 48.2 Å². The molecule has 1 heterocycles. The molecule has 120 valence electrons. The third-order valence-electron chi connectivity index (χ3n) is 3.44. The summed E-state index contributed by atoms with van der Waals surface area (Å²) < 4.78 is 5.54. The van der Waals surface area contributed by atoms with Crippen molar-refractivity contribution in [3.63, 3.8) is 0 Å². The van der Waals surface area contributed by atoms with E-state index in [0.717, 1.165) is 0 Å². The monoisotopic (exact) mass is 323 g/mol. The van der Waals surface area contributed by atoms with E-state index in [1.807, 2.05) is 0 Å². The van der Waals surface area contributed by atoms with Crippen molar-refractivity contribution in [2.75, 3.05) is 5.32 Å². The smallest absolute Gasteiger partial charge is 0.335 e. The molecule has 0 radical (unpaired) electrons. The molecule has 0 saturated carbocycles. The molecule has 1 aliphatic rings. The second-order valence-electron chi connectivity index (χ2n) is 5.26. The van der Waals surface area contributed by atoms with Gasteiger partial charge in [-0.1, -0.05) is 12.1 Å². The minimum Gasteiger partial charge on any atom is -0.478 e. The molecule has 0 saturated heterocycles. The zero-order valence-electron chi connectivity index (χ0n) is 12.7. The van der Waals surface area contributed by atoms with Crippen molar-refractivity contribution >= 4 is 29.4 Å². The summed E-state index contributed by atoms with van der Waals surface area (Å²) >= 11 is 0. The summed E-state index contributed by atoms with van der Waals surface area (Å²) in [5.41, 5.74) is 1.71. The maximum absolute atomic E-state index is 12.4. The van der Waals surface area contributed by atoms with Gasteiger partial charge in [0.15, 0.2) is 5.76 Å². The number of hydrogen-bond acceptors (Lipinski definition) is 4. The zero-order chi connectivity index (χ0) is 17.3. The Balaban J connectivity index is 1.87. The molecule has 24 heavy (non-hydrogen) atoms. The third-order valence-corrected chi connectivity index (χ3v) is 3.44. The number of fused-ring (bicyclic) bond motifs is 1. The molecule has 0 bridgehead atoms. The summed E-state index contributed by atoms with van der Waals surface area (Å²) in [6, 6.07) is 10.9. The number of amides is 1. The predicted octanol–water partition coefficient (Wildman–Crippen LogP) is 2.96. The van der Waals surface area contributed by atoms with Crippen molar-refractivity contribution in [1.82, 2.24) is 0 Å². The van der Waals surface area contributed by atoms with Crippen LogP contribution in [0.5, 0.6) is 5.75 Å². The number of Topliss-reactive ketones (excluding diaryl/α,β-unsaturated/α-hetero) is 1. The number of carboxylic acid groups (broad SMARTS) is 1. The van der Waals surface area contributed by atoms with Crippen LogP contribution in [0.1, 0.15) is 33.2 Å². The maximum Gasteiger partial charge on any atom is 0.335 e. The number of carbonyl (C=O) groups excluding carboxylic acids is 2. The predicted molar refractivity (Wildman–Crippen MR) is 87.1 cm³/mol. The number of carbonyl (C=O) groups is 3. The average Bonchev–Trinajstić information content (AvgIpc) is 2.83. The number of carboxylic acids is 1. The number of rotatable bonds is 3. The van der Waals surface area contributed by atoms with Crippen LogP contribution >= 0.6 is 0 Å². The molecule has 3 rings (SSSR count). The maximum atomic E-state index is 12.4. The van der Waals surface area contributed by atoms with Crippen molar-refractivity contribution in [3.05, 3.63) is 64.9 Å². The van der Waals surface area contributed by atoms with Gasteiger partial charge in [-0.3, -0.25) is 9.59 Å². The first-order chi connectivity index (χ1) is 11.4. The number of aromatic carboxylic acids is 1. The lowest BCUT2D eigenvalue weighted by Crippen LogP contribution is -2.06. The minimum atomic E-state index is -1.01. The van der Waals surface area contributed by atoms with Gasteiger partial charge in [0.25, 0.3) is 0 Å². The normalized spacial score (nSPS) is 14.2. The van der Waals surface area contributed by atoms with Gasteiger partial charge < -0.3 is 15.2 Å². The van der Waals surface area contributed by atoms with E-state index in [1.165, 1.54) is 19.1 Å². The molecule has 0 atom stereocenters. The molecule has 0 aromatic heterocycles. The van der Waals surface area contributed by atoms with Crippen molar-refractivity contribution in [2.24, 2.45) is 0 Å². The van der Waals surface area contributed by atoms with E-state index in [9.17, 15) is 14.4 Å². The molecular formula is C18H13NO5. The Morgan fingerprint density at radius 2 is 1.83 bits per heavy atom. The third kappa shape index (κ3) is 3.03. The van der Waals surface area contributed by atoms with E-state index in [1.54, 1.807) is 36.4 Å². The number of nitrogens with one attached hydrogen (secondary N) is 1. The highest BCUT2D eigenvalue weighted by Crippen LogP contribution is 2.33.